The molecule has 1 aromatic rings. The number of aliphatic hydroxyl groups excluding tert-OH is 1. The zero-order valence-electron chi connectivity index (χ0n) is 43.9. The van der Waals surface area contributed by atoms with Gasteiger partial charge in [0.05, 0.1) is 12.6 Å². The van der Waals surface area contributed by atoms with Gasteiger partial charge in [-0.3, -0.25) is 57.5 Å². The van der Waals surface area contributed by atoms with Gasteiger partial charge in [0, 0.05) is 32.2 Å². The van der Waals surface area contributed by atoms with Gasteiger partial charge >= 0.3 is 23.9 Å². The highest BCUT2D eigenvalue weighted by atomic mass is 16.4. The maximum absolute atomic E-state index is 14.1. The molecule has 1 aliphatic rings. The molecule has 1 aromatic carbocycles. The summed E-state index contributed by atoms with van der Waals surface area (Å²) in [6.07, 6.45) is -4.99. The fourth-order valence-corrected chi connectivity index (χ4v) is 7.88. The molecule has 0 spiro atoms. The molecule has 0 aliphatic carbocycles. The Hall–Kier alpha value is -7.75. The number of amides is 9. The summed E-state index contributed by atoms with van der Waals surface area (Å²) >= 11 is 0. The van der Waals surface area contributed by atoms with Crippen LogP contribution in [0, 0.1) is 11.8 Å². The second-order valence-electron chi connectivity index (χ2n) is 19.5. The standard InChI is InChI=1S/C49H74N10O18/c1-24(2)21-32(56-41(68)26(5)52-35(61)23-51-46(73)39(50)27(6)60)44(71)58-40(25(3)4)47(74)54-30(15-18-37(64)65)42(69)53-29(14-17-36(62)63)43(70)55-31(16-19-38(66)67)48(75)59-20-10-13-34(59)45(72)57-33(49(76)77)22-28-11-8-7-9-12-28/h7-9,11-12,24-27,29-34,39-40,60H,10,13-23,50H2,1-6H3,(H,51,73)(H,52,61)(H,53,69)(H,54,74)(H,55,70)(H,56,68)(H,57,72)(H,58,71)(H,62,63)(H,64,65)(H,66,67)(H,76,77)/t26-,27+,29-,30-,31-,32-,33-,34-,39-,40-/m0/s1. The number of carbonyl (C=O) groups is 13. The molecule has 0 saturated carbocycles. The third-order valence-corrected chi connectivity index (χ3v) is 12.2. The van der Waals surface area contributed by atoms with Crippen LogP contribution in [0.3, 0.4) is 0 Å². The van der Waals surface area contributed by atoms with E-state index < -0.39 is 189 Å². The van der Waals surface area contributed by atoms with Crippen LogP contribution in [0.15, 0.2) is 30.3 Å². The second kappa shape index (κ2) is 32.0. The van der Waals surface area contributed by atoms with Crippen molar-refractivity contribution < 1.29 is 87.9 Å². The van der Waals surface area contributed by atoms with Crippen LogP contribution >= 0.6 is 0 Å². The molecule has 1 heterocycles. The Morgan fingerprint density at radius 3 is 1.58 bits per heavy atom. The molecule has 28 nitrogen and oxygen atoms in total. The topological polar surface area (TPSA) is 449 Å². The third kappa shape index (κ3) is 22.9. The number of aliphatic hydroxyl groups is 1. The van der Waals surface area contributed by atoms with Gasteiger partial charge in [-0.2, -0.15) is 0 Å². The monoisotopic (exact) mass is 1090 g/mol. The predicted molar refractivity (Wildman–Crippen MR) is 269 cm³/mol. The van der Waals surface area contributed by atoms with Gasteiger partial charge in [0.25, 0.3) is 0 Å². The Bertz CT molecular complexity index is 2280. The van der Waals surface area contributed by atoms with Gasteiger partial charge in [0.2, 0.25) is 53.2 Å². The molecule has 77 heavy (non-hydrogen) atoms. The lowest BCUT2D eigenvalue weighted by atomic mass is 9.99. The molecule has 0 radical (unpaired) electrons. The van der Waals surface area contributed by atoms with Crippen LogP contribution in [0.2, 0.25) is 0 Å². The van der Waals surface area contributed by atoms with Gasteiger partial charge in [0.15, 0.2) is 0 Å². The molecule has 1 saturated heterocycles. The Morgan fingerprint density at radius 2 is 1.09 bits per heavy atom. The number of carboxylic acids is 4. The number of rotatable bonds is 33. The summed E-state index contributed by atoms with van der Waals surface area (Å²) in [7, 11) is 0. The number of carbonyl (C=O) groups excluding carboxylic acids is 9. The molecule has 1 fully saturated rings. The van der Waals surface area contributed by atoms with E-state index in [1.54, 1.807) is 44.2 Å². The minimum absolute atomic E-state index is 0.0144. The van der Waals surface area contributed by atoms with Crippen molar-refractivity contribution in [3.05, 3.63) is 35.9 Å². The summed E-state index contributed by atoms with van der Waals surface area (Å²) in [5.41, 5.74) is 6.15. The molecule has 0 unspecified atom stereocenters. The highest BCUT2D eigenvalue weighted by Gasteiger charge is 2.40. The minimum atomic E-state index is -1.82. The SMILES string of the molecule is CC(C)C[C@H](NC(=O)[C@H](C)NC(=O)CNC(=O)[C@@H](N)[C@@H](C)O)C(=O)N[C@H](C(=O)N[C@@H](CCC(=O)O)C(=O)N[C@@H](CCC(=O)O)C(=O)N[C@@H](CCC(=O)O)C(=O)N1CCC[C@H]1C(=O)N[C@@H](Cc1ccccc1)C(=O)O)C(C)C. The summed E-state index contributed by atoms with van der Waals surface area (Å²) < 4.78 is 0. The number of hydrogen-bond donors (Lipinski definition) is 14. The molecule has 1 aliphatic heterocycles. The Kier molecular flexibility index (Phi) is 27.1. The van der Waals surface area contributed by atoms with Gasteiger partial charge in [0.1, 0.15) is 54.4 Å². The van der Waals surface area contributed by atoms with Crippen molar-refractivity contribution in [1.82, 2.24) is 47.4 Å². The van der Waals surface area contributed by atoms with Crippen LogP contribution in [-0.2, 0) is 68.7 Å². The average molecular weight is 1090 g/mol. The average Bonchev–Trinajstić information content (AvgIpc) is 3.85. The number of benzene rings is 1. The summed E-state index contributed by atoms with van der Waals surface area (Å²) in [5.74, 6) is -15.2. The Labute approximate surface area is 444 Å². The van der Waals surface area contributed by atoms with Crippen molar-refractivity contribution in [2.45, 2.75) is 166 Å². The van der Waals surface area contributed by atoms with Gasteiger partial charge in [-0.05, 0) is 69.8 Å². The number of carboxylic acid groups (broad SMARTS) is 4. The summed E-state index contributed by atoms with van der Waals surface area (Å²) in [4.78, 5) is 170. The van der Waals surface area contributed by atoms with Crippen molar-refractivity contribution in [3.8, 4) is 0 Å². The second-order valence-corrected chi connectivity index (χ2v) is 19.5. The summed E-state index contributed by atoms with van der Waals surface area (Å²) in [6.45, 7) is 8.39. The van der Waals surface area contributed by atoms with Crippen LogP contribution in [-0.4, -0.2) is 181 Å². The first-order chi connectivity index (χ1) is 36.0. The van der Waals surface area contributed by atoms with E-state index in [-0.39, 0.29) is 38.1 Å². The number of nitrogens with two attached hydrogens (primary N) is 1. The van der Waals surface area contributed by atoms with Crippen molar-refractivity contribution >= 4 is 77.0 Å². The van der Waals surface area contributed by atoms with Crippen LogP contribution in [0.25, 0.3) is 0 Å². The van der Waals surface area contributed by atoms with Crippen molar-refractivity contribution in [2.75, 3.05) is 13.1 Å². The molecular weight excluding hydrogens is 1020 g/mol. The molecule has 2 rings (SSSR count). The number of nitrogens with zero attached hydrogens (tertiary/aromatic N) is 1. The smallest absolute Gasteiger partial charge is 0.326 e. The lowest BCUT2D eigenvalue weighted by Crippen LogP contribution is -2.61. The van der Waals surface area contributed by atoms with E-state index in [0.717, 1.165) is 4.90 Å². The number of nitrogens with one attached hydrogen (secondary N) is 8. The van der Waals surface area contributed by atoms with E-state index in [9.17, 15) is 87.9 Å². The van der Waals surface area contributed by atoms with Crippen LogP contribution < -0.4 is 48.3 Å². The third-order valence-electron chi connectivity index (χ3n) is 12.2. The number of hydrogen-bond acceptors (Lipinski definition) is 15. The lowest BCUT2D eigenvalue weighted by molar-refractivity contribution is -0.145. The van der Waals surface area contributed by atoms with Gasteiger partial charge in [-0.25, -0.2) is 4.79 Å². The van der Waals surface area contributed by atoms with E-state index in [2.05, 4.69) is 42.5 Å². The molecule has 428 valence electrons. The molecular formula is C49H74N10O18. The van der Waals surface area contributed by atoms with Gasteiger partial charge < -0.3 is 78.7 Å². The predicted octanol–water partition coefficient (Wildman–Crippen LogP) is -3.16. The minimum Gasteiger partial charge on any atom is -0.481 e. The molecule has 0 aromatic heterocycles. The van der Waals surface area contributed by atoms with Crippen LogP contribution in [0.1, 0.15) is 105 Å². The summed E-state index contributed by atoms with van der Waals surface area (Å²) in [5, 5.41) is 67.1. The zero-order valence-corrected chi connectivity index (χ0v) is 43.9. The van der Waals surface area contributed by atoms with Crippen molar-refractivity contribution in [1.29, 1.82) is 0 Å². The summed E-state index contributed by atoms with van der Waals surface area (Å²) in [6, 6.07) is -4.90. The Morgan fingerprint density at radius 1 is 0.597 bits per heavy atom. The van der Waals surface area contributed by atoms with Crippen LogP contribution in [0.5, 0.6) is 0 Å². The normalized spacial score (nSPS) is 16.6. The first-order valence-electron chi connectivity index (χ1n) is 25.1. The van der Waals surface area contributed by atoms with E-state index in [4.69, 9.17) is 5.73 Å². The highest BCUT2D eigenvalue weighted by Crippen LogP contribution is 2.21. The fourth-order valence-electron chi connectivity index (χ4n) is 7.88. The molecule has 15 N–H and O–H groups in total. The first-order valence-corrected chi connectivity index (χ1v) is 25.1. The number of likely N-dealkylation sites (tertiary alicyclic amines) is 1. The maximum atomic E-state index is 14.1. The van der Waals surface area contributed by atoms with Crippen molar-refractivity contribution in [2.24, 2.45) is 17.6 Å². The first kappa shape index (κ1) is 65.4. The quantitative estimate of drug-likeness (QED) is 0.0330. The van der Waals surface area contributed by atoms with Gasteiger partial charge in [-0.15, -0.1) is 0 Å². The molecule has 0 bridgehead atoms. The van der Waals surface area contributed by atoms with E-state index >= 15 is 0 Å². The Balaban J connectivity index is 2.34. The number of aliphatic carboxylic acids is 4. The van der Waals surface area contributed by atoms with Gasteiger partial charge in [-0.1, -0.05) is 58.0 Å². The molecule has 28 heteroatoms. The van der Waals surface area contributed by atoms with Crippen molar-refractivity contribution in [3.63, 3.8) is 0 Å². The largest absolute Gasteiger partial charge is 0.481 e. The van der Waals surface area contributed by atoms with E-state index in [0.29, 0.717) is 5.56 Å². The molecule has 10 atom stereocenters. The fraction of sp³-hybridized carbons (Fsp3) is 0.612. The molecule has 9 amide bonds. The lowest BCUT2D eigenvalue weighted by Gasteiger charge is -2.31. The highest BCUT2D eigenvalue weighted by molar-refractivity contribution is 5.98. The zero-order chi connectivity index (χ0) is 58.3. The van der Waals surface area contributed by atoms with Crippen LogP contribution in [0.4, 0.5) is 0 Å². The van der Waals surface area contributed by atoms with E-state index in [1.807, 2.05) is 0 Å². The maximum Gasteiger partial charge on any atom is 0.326 e. The van der Waals surface area contributed by atoms with E-state index in [1.165, 1.54) is 27.7 Å².